The molecule has 0 N–H and O–H groups in total. The maximum absolute atomic E-state index is 13.0. The lowest BCUT2D eigenvalue weighted by molar-refractivity contribution is -0.130. The molecule has 1 aromatic heterocycles. The number of halogens is 1. The Morgan fingerprint density at radius 1 is 1.14 bits per heavy atom. The molecule has 1 heterocycles. The molecule has 0 aliphatic heterocycles. The molecule has 0 fully saturated rings. The standard InChI is InChI=1S/C22H23FN2O4/c1-25(14-16-6-9-18(27-2)12-19(16)28-3)22(26)11-10-21-24-13-20(29-21)15-4-7-17(23)8-5-15/h4-9,12-13H,10-11,14H2,1-3H3. The molecule has 0 spiro atoms. The van der Waals surface area contributed by atoms with E-state index in [9.17, 15) is 9.18 Å². The van der Waals surface area contributed by atoms with Gasteiger partial charge in [-0.3, -0.25) is 4.79 Å². The van der Waals surface area contributed by atoms with Gasteiger partial charge in [0.1, 0.15) is 17.3 Å². The van der Waals surface area contributed by atoms with E-state index in [-0.39, 0.29) is 18.1 Å². The monoisotopic (exact) mass is 398 g/mol. The van der Waals surface area contributed by atoms with E-state index in [2.05, 4.69) is 4.98 Å². The van der Waals surface area contributed by atoms with Crippen LogP contribution in [0.15, 0.2) is 53.1 Å². The quantitative estimate of drug-likeness (QED) is 0.572. The third kappa shape index (κ3) is 5.13. The molecule has 0 saturated heterocycles. The molecule has 0 bridgehead atoms. The van der Waals surface area contributed by atoms with Crippen LogP contribution in [0, 0.1) is 5.82 Å². The molecule has 2 aromatic carbocycles. The van der Waals surface area contributed by atoms with Gasteiger partial charge < -0.3 is 18.8 Å². The van der Waals surface area contributed by atoms with Crippen LogP contribution in [0.4, 0.5) is 4.39 Å². The van der Waals surface area contributed by atoms with Gasteiger partial charge in [-0.2, -0.15) is 0 Å². The zero-order chi connectivity index (χ0) is 20.8. The summed E-state index contributed by atoms with van der Waals surface area (Å²) in [6.07, 6.45) is 2.22. The van der Waals surface area contributed by atoms with Crippen LogP contribution in [-0.2, 0) is 17.8 Å². The molecule has 7 heteroatoms. The van der Waals surface area contributed by atoms with Crippen molar-refractivity contribution < 1.29 is 23.1 Å². The van der Waals surface area contributed by atoms with Crippen LogP contribution in [0.5, 0.6) is 11.5 Å². The van der Waals surface area contributed by atoms with Crippen molar-refractivity contribution in [1.82, 2.24) is 9.88 Å². The van der Waals surface area contributed by atoms with Crippen LogP contribution in [0.3, 0.4) is 0 Å². The van der Waals surface area contributed by atoms with E-state index in [1.807, 2.05) is 12.1 Å². The molecule has 29 heavy (non-hydrogen) atoms. The van der Waals surface area contributed by atoms with Crippen molar-refractivity contribution in [2.45, 2.75) is 19.4 Å². The van der Waals surface area contributed by atoms with Crippen molar-refractivity contribution in [2.75, 3.05) is 21.3 Å². The van der Waals surface area contributed by atoms with E-state index in [4.69, 9.17) is 13.9 Å². The van der Waals surface area contributed by atoms with Gasteiger partial charge in [-0.25, -0.2) is 9.37 Å². The Bertz CT molecular complexity index is 969. The van der Waals surface area contributed by atoms with E-state index >= 15 is 0 Å². The van der Waals surface area contributed by atoms with Gasteiger partial charge in [0.05, 0.1) is 20.4 Å². The molecule has 0 atom stereocenters. The highest BCUT2D eigenvalue weighted by atomic mass is 19.1. The third-order valence-corrected chi connectivity index (χ3v) is 4.56. The second-order valence-corrected chi connectivity index (χ2v) is 6.55. The number of ether oxygens (including phenoxy) is 2. The van der Waals surface area contributed by atoms with E-state index in [0.717, 1.165) is 11.1 Å². The fourth-order valence-electron chi connectivity index (χ4n) is 2.90. The van der Waals surface area contributed by atoms with Crippen LogP contribution in [-0.4, -0.2) is 37.1 Å². The number of amides is 1. The molecule has 152 valence electrons. The number of hydrogen-bond acceptors (Lipinski definition) is 5. The number of carbonyl (C=O) groups excluding carboxylic acids is 1. The maximum atomic E-state index is 13.0. The molecule has 3 aromatic rings. The second-order valence-electron chi connectivity index (χ2n) is 6.55. The van der Waals surface area contributed by atoms with Crippen molar-refractivity contribution in [1.29, 1.82) is 0 Å². The number of rotatable bonds is 8. The summed E-state index contributed by atoms with van der Waals surface area (Å²) < 4.78 is 29.3. The predicted molar refractivity (Wildman–Crippen MR) is 106 cm³/mol. The first-order chi connectivity index (χ1) is 14.0. The van der Waals surface area contributed by atoms with Crippen LogP contribution >= 0.6 is 0 Å². The minimum Gasteiger partial charge on any atom is -0.497 e. The van der Waals surface area contributed by atoms with E-state index in [0.29, 0.717) is 36.1 Å². The first kappa shape index (κ1) is 20.4. The van der Waals surface area contributed by atoms with Gasteiger partial charge in [0.15, 0.2) is 11.7 Å². The number of aromatic nitrogens is 1. The van der Waals surface area contributed by atoms with Crippen LogP contribution < -0.4 is 9.47 Å². The number of carbonyl (C=O) groups is 1. The largest absolute Gasteiger partial charge is 0.497 e. The molecule has 0 aliphatic rings. The molecule has 1 amide bonds. The Kier molecular flexibility index (Phi) is 6.49. The van der Waals surface area contributed by atoms with E-state index in [1.54, 1.807) is 50.6 Å². The van der Waals surface area contributed by atoms with Gasteiger partial charge >= 0.3 is 0 Å². The highest BCUT2D eigenvalue weighted by molar-refractivity contribution is 5.76. The molecule has 0 aliphatic carbocycles. The number of nitrogens with zero attached hydrogens (tertiary/aromatic N) is 2. The molecule has 0 unspecified atom stereocenters. The summed E-state index contributed by atoms with van der Waals surface area (Å²) in [4.78, 5) is 18.4. The smallest absolute Gasteiger partial charge is 0.223 e. The second kappa shape index (κ2) is 9.23. The zero-order valence-corrected chi connectivity index (χ0v) is 16.6. The van der Waals surface area contributed by atoms with Crippen molar-refractivity contribution in [3.63, 3.8) is 0 Å². The van der Waals surface area contributed by atoms with Crippen molar-refractivity contribution in [3.05, 3.63) is 65.9 Å². The van der Waals surface area contributed by atoms with E-state index < -0.39 is 0 Å². The third-order valence-electron chi connectivity index (χ3n) is 4.56. The highest BCUT2D eigenvalue weighted by Gasteiger charge is 2.15. The summed E-state index contributed by atoms with van der Waals surface area (Å²) in [5, 5.41) is 0. The van der Waals surface area contributed by atoms with Gasteiger partial charge in [0.25, 0.3) is 0 Å². The predicted octanol–water partition coefficient (Wildman–Crippen LogP) is 4.09. The van der Waals surface area contributed by atoms with Gasteiger partial charge in [-0.05, 0) is 36.4 Å². The van der Waals surface area contributed by atoms with Crippen LogP contribution in [0.2, 0.25) is 0 Å². The van der Waals surface area contributed by atoms with Crippen LogP contribution in [0.25, 0.3) is 11.3 Å². The van der Waals surface area contributed by atoms with Crippen LogP contribution in [0.1, 0.15) is 17.9 Å². The summed E-state index contributed by atoms with van der Waals surface area (Å²) in [6.45, 7) is 0.415. The summed E-state index contributed by atoms with van der Waals surface area (Å²) in [6, 6.07) is 11.5. The molecule has 6 nitrogen and oxygen atoms in total. The first-order valence-electron chi connectivity index (χ1n) is 9.15. The lowest BCUT2D eigenvalue weighted by Crippen LogP contribution is -2.26. The van der Waals surface area contributed by atoms with Crippen molar-refractivity contribution >= 4 is 5.91 Å². The van der Waals surface area contributed by atoms with Crippen molar-refractivity contribution in [3.8, 4) is 22.8 Å². The lowest BCUT2D eigenvalue weighted by Gasteiger charge is -2.19. The topological polar surface area (TPSA) is 64.8 Å². The maximum Gasteiger partial charge on any atom is 0.223 e. The van der Waals surface area contributed by atoms with Gasteiger partial charge in [0.2, 0.25) is 5.91 Å². The molecular weight excluding hydrogens is 375 g/mol. The minimum atomic E-state index is -0.310. The molecule has 0 saturated carbocycles. The zero-order valence-electron chi connectivity index (χ0n) is 16.6. The average molecular weight is 398 g/mol. The minimum absolute atomic E-state index is 0.0376. The molecule has 3 rings (SSSR count). The Balaban J connectivity index is 1.57. The first-order valence-corrected chi connectivity index (χ1v) is 9.15. The van der Waals surface area contributed by atoms with Gasteiger partial charge in [-0.1, -0.05) is 0 Å². The fourth-order valence-corrected chi connectivity index (χ4v) is 2.90. The van der Waals surface area contributed by atoms with Gasteiger partial charge in [0, 0.05) is 43.6 Å². The highest BCUT2D eigenvalue weighted by Crippen LogP contribution is 2.26. The normalized spacial score (nSPS) is 10.6. The Hall–Kier alpha value is -3.35. The lowest BCUT2D eigenvalue weighted by atomic mass is 10.1. The Morgan fingerprint density at radius 2 is 1.90 bits per heavy atom. The van der Waals surface area contributed by atoms with E-state index in [1.165, 1.54) is 12.1 Å². The summed E-state index contributed by atoms with van der Waals surface area (Å²) in [7, 11) is 4.92. The SMILES string of the molecule is COc1ccc(CN(C)C(=O)CCc2ncc(-c3ccc(F)cc3)o2)c(OC)c1. The molecular formula is C22H23FN2O4. The average Bonchev–Trinajstić information content (AvgIpc) is 3.21. The Labute approximate surface area is 168 Å². The summed E-state index contributed by atoms with van der Waals surface area (Å²) >= 11 is 0. The summed E-state index contributed by atoms with van der Waals surface area (Å²) in [5.41, 5.74) is 1.62. The number of aryl methyl sites for hydroxylation is 1. The van der Waals surface area contributed by atoms with Gasteiger partial charge in [-0.15, -0.1) is 0 Å². The Morgan fingerprint density at radius 3 is 2.59 bits per heavy atom. The fraction of sp³-hybridized carbons (Fsp3) is 0.273. The number of benzene rings is 2. The number of methoxy groups -OCH3 is 2. The van der Waals surface area contributed by atoms with Crippen molar-refractivity contribution in [2.24, 2.45) is 0 Å². The number of oxazole rings is 1. The summed E-state index contributed by atoms with van der Waals surface area (Å²) in [5.74, 6) is 2.03. The number of hydrogen-bond donors (Lipinski definition) is 0. The molecule has 0 radical (unpaired) electrons.